The molecule has 27 heavy (non-hydrogen) atoms. The molecule has 0 aliphatic carbocycles. The summed E-state index contributed by atoms with van der Waals surface area (Å²) in [7, 11) is -2.36. The van der Waals surface area contributed by atoms with Gasteiger partial charge in [0.2, 0.25) is 10.0 Å². The molecule has 0 bridgehead atoms. The molecule has 0 saturated carbocycles. The van der Waals surface area contributed by atoms with Gasteiger partial charge >= 0.3 is 0 Å². The van der Waals surface area contributed by atoms with Crippen molar-refractivity contribution in [1.29, 1.82) is 0 Å². The first-order chi connectivity index (χ1) is 12.8. The Morgan fingerprint density at radius 2 is 1.74 bits per heavy atom. The number of nitrogens with one attached hydrogen (secondary N) is 3. The van der Waals surface area contributed by atoms with Crippen LogP contribution < -0.4 is 15.4 Å². The monoisotopic (exact) mass is 389 g/mol. The fourth-order valence-electron chi connectivity index (χ4n) is 2.31. The molecule has 0 unspecified atom stereocenters. The van der Waals surface area contributed by atoms with Crippen molar-refractivity contribution in [3.05, 3.63) is 59.7 Å². The van der Waals surface area contributed by atoms with E-state index in [1.165, 1.54) is 31.3 Å². The summed E-state index contributed by atoms with van der Waals surface area (Å²) in [6.45, 7) is 3.86. The smallest absolute Gasteiger partial charge is 0.255 e. The Morgan fingerprint density at radius 3 is 2.41 bits per heavy atom. The van der Waals surface area contributed by atoms with Crippen molar-refractivity contribution < 1.29 is 18.0 Å². The number of sulfonamides is 1. The second-order valence-electron chi connectivity index (χ2n) is 6.02. The van der Waals surface area contributed by atoms with Gasteiger partial charge in [-0.1, -0.05) is 25.1 Å². The van der Waals surface area contributed by atoms with Crippen molar-refractivity contribution in [3.8, 4) is 0 Å². The molecule has 0 aromatic heterocycles. The van der Waals surface area contributed by atoms with E-state index in [4.69, 9.17) is 0 Å². The highest BCUT2D eigenvalue weighted by Gasteiger charge is 2.17. The largest absolute Gasteiger partial charge is 0.350 e. The number of carbonyl (C=O) groups excluding carboxylic acids is 2. The van der Waals surface area contributed by atoms with Crippen LogP contribution in [-0.2, 0) is 10.0 Å². The van der Waals surface area contributed by atoms with E-state index in [0.717, 1.165) is 6.42 Å². The van der Waals surface area contributed by atoms with E-state index >= 15 is 0 Å². The van der Waals surface area contributed by atoms with Crippen LogP contribution in [0.15, 0.2) is 53.4 Å². The van der Waals surface area contributed by atoms with Gasteiger partial charge in [-0.15, -0.1) is 0 Å². The maximum absolute atomic E-state index is 12.6. The zero-order valence-electron chi connectivity index (χ0n) is 15.4. The number of amides is 2. The van der Waals surface area contributed by atoms with E-state index < -0.39 is 15.9 Å². The molecule has 0 spiro atoms. The van der Waals surface area contributed by atoms with Crippen molar-refractivity contribution in [3.63, 3.8) is 0 Å². The van der Waals surface area contributed by atoms with E-state index in [-0.39, 0.29) is 22.4 Å². The summed E-state index contributed by atoms with van der Waals surface area (Å²) in [4.78, 5) is 25.0. The molecular formula is C19H23N3O4S. The summed E-state index contributed by atoms with van der Waals surface area (Å²) in [5.74, 6) is -0.793. The molecule has 2 aromatic rings. The third-order valence-corrected chi connectivity index (χ3v) is 5.50. The van der Waals surface area contributed by atoms with Gasteiger partial charge < -0.3 is 10.6 Å². The molecule has 8 heteroatoms. The highest BCUT2D eigenvalue weighted by atomic mass is 32.2. The summed E-state index contributed by atoms with van der Waals surface area (Å²) in [5.41, 5.74) is 0.860. The molecular weight excluding hydrogens is 366 g/mol. The Hall–Kier alpha value is -2.71. The molecule has 0 aliphatic heterocycles. The summed E-state index contributed by atoms with van der Waals surface area (Å²) < 4.78 is 26.0. The number of anilines is 1. The van der Waals surface area contributed by atoms with Gasteiger partial charge in [0.1, 0.15) is 0 Å². The van der Waals surface area contributed by atoms with Gasteiger partial charge in [-0.3, -0.25) is 9.59 Å². The Kier molecular flexibility index (Phi) is 6.70. The van der Waals surface area contributed by atoms with Crippen LogP contribution in [0.4, 0.5) is 5.69 Å². The van der Waals surface area contributed by atoms with E-state index in [0.29, 0.717) is 11.3 Å². The molecule has 144 valence electrons. The first kappa shape index (κ1) is 20.6. The zero-order valence-corrected chi connectivity index (χ0v) is 16.3. The van der Waals surface area contributed by atoms with Crippen molar-refractivity contribution in [2.45, 2.75) is 31.2 Å². The van der Waals surface area contributed by atoms with Crippen LogP contribution >= 0.6 is 0 Å². The molecule has 3 N–H and O–H groups in total. The molecule has 2 amide bonds. The molecule has 0 radical (unpaired) electrons. The zero-order chi connectivity index (χ0) is 20.0. The third kappa shape index (κ3) is 5.15. The van der Waals surface area contributed by atoms with Crippen LogP contribution in [0.3, 0.4) is 0 Å². The quantitative estimate of drug-likeness (QED) is 0.676. The van der Waals surface area contributed by atoms with Crippen LogP contribution in [-0.4, -0.2) is 33.3 Å². The predicted molar refractivity (Wildman–Crippen MR) is 104 cm³/mol. The Bertz CT molecular complexity index is 941. The lowest BCUT2D eigenvalue weighted by Gasteiger charge is -2.15. The molecule has 0 heterocycles. The molecule has 2 aromatic carbocycles. The molecule has 7 nitrogen and oxygen atoms in total. The molecule has 0 aliphatic rings. The fourth-order valence-corrected chi connectivity index (χ4v) is 3.09. The van der Waals surface area contributed by atoms with Crippen molar-refractivity contribution in [2.24, 2.45) is 0 Å². The number of rotatable bonds is 7. The highest BCUT2D eigenvalue weighted by molar-refractivity contribution is 7.89. The fraction of sp³-hybridized carbons (Fsp3) is 0.263. The van der Waals surface area contributed by atoms with Gasteiger partial charge in [0.15, 0.2) is 0 Å². The minimum Gasteiger partial charge on any atom is -0.350 e. The predicted octanol–water partition coefficient (Wildman–Crippen LogP) is 2.38. The normalized spacial score (nSPS) is 12.3. The standard InChI is InChI=1S/C19H23N3O4S/c1-4-13(2)21-19(24)16-10-5-6-11-17(16)22-18(23)14-8-7-9-15(12-14)27(25,26)20-3/h5-13,20H,4H2,1-3H3,(H,21,24)(H,22,23)/t13-/m0/s1. The van der Waals surface area contributed by atoms with E-state index in [1.807, 2.05) is 13.8 Å². The van der Waals surface area contributed by atoms with Crippen LogP contribution in [0.5, 0.6) is 0 Å². The molecule has 0 fully saturated rings. The average molecular weight is 389 g/mol. The minimum atomic E-state index is -3.66. The highest BCUT2D eigenvalue weighted by Crippen LogP contribution is 2.18. The molecule has 0 saturated heterocycles. The van der Waals surface area contributed by atoms with Gasteiger partial charge in [0.05, 0.1) is 16.1 Å². The average Bonchev–Trinajstić information content (AvgIpc) is 2.68. The third-order valence-electron chi connectivity index (χ3n) is 4.09. The maximum atomic E-state index is 12.6. The minimum absolute atomic E-state index is 0.00434. The first-order valence-corrected chi connectivity index (χ1v) is 10.0. The van der Waals surface area contributed by atoms with Crippen LogP contribution in [0, 0.1) is 0 Å². The Labute approximate surface area is 159 Å². The summed E-state index contributed by atoms with van der Waals surface area (Å²) in [5, 5.41) is 5.54. The molecule has 2 rings (SSSR count). The Morgan fingerprint density at radius 1 is 1.04 bits per heavy atom. The van der Waals surface area contributed by atoms with E-state index in [9.17, 15) is 18.0 Å². The van der Waals surface area contributed by atoms with Crippen molar-refractivity contribution in [2.75, 3.05) is 12.4 Å². The lowest BCUT2D eigenvalue weighted by atomic mass is 10.1. The SMILES string of the molecule is CC[C@H](C)NC(=O)c1ccccc1NC(=O)c1cccc(S(=O)(=O)NC)c1. The first-order valence-electron chi connectivity index (χ1n) is 8.53. The molecule has 1 atom stereocenters. The van der Waals surface area contributed by atoms with Crippen LogP contribution in [0.2, 0.25) is 0 Å². The van der Waals surface area contributed by atoms with Gasteiger partial charge in [-0.25, -0.2) is 13.1 Å². The topological polar surface area (TPSA) is 104 Å². The van der Waals surface area contributed by atoms with Crippen molar-refractivity contribution in [1.82, 2.24) is 10.0 Å². The van der Waals surface area contributed by atoms with Crippen LogP contribution in [0.1, 0.15) is 41.0 Å². The number of carbonyl (C=O) groups is 2. The number of para-hydroxylation sites is 1. The maximum Gasteiger partial charge on any atom is 0.255 e. The summed E-state index contributed by atoms with van der Waals surface area (Å²) in [6, 6.07) is 12.3. The van der Waals surface area contributed by atoms with Crippen LogP contribution in [0.25, 0.3) is 0 Å². The summed E-state index contributed by atoms with van der Waals surface area (Å²) in [6.07, 6.45) is 0.785. The van der Waals surface area contributed by atoms with E-state index in [2.05, 4.69) is 15.4 Å². The van der Waals surface area contributed by atoms with Gasteiger partial charge in [-0.05, 0) is 50.7 Å². The second kappa shape index (κ2) is 8.79. The Balaban J connectivity index is 2.27. The van der Waals surface area contributed by atoms with Gasteiger partial charge in [0, 0.05) is 11.6 Å². The number of benzene rings is 2. The van der Waals surface area contributed by atoms with E-state index in [1.54, 1.807) is 24.3 Å². The van der Waals surface area contributed by atoms with Crippen molar-refractivity contribution >= 4 is 27.5 Å². The summed E-state index contributed by atoms with van der Waals surface area (Å²) >= 11 is 0. The van der Waals surface area contributed by atoms with Gasteiger partial charge in [0.25, 0.3) is 11.8 Å². The van der Waals surface area contributed by atoms with Gasteiger partial charge in [-0.2, -0.15) is 0 Å². The lowest BCUT2D eigenvalue weighted by Crippen LogP contribution is -2.32. The number of hydrogen-bond acceptors (Lipinski definition) is 4. The number of hydrogen-bond donors (Lipinski definition) is 3. The second-order valence-corrected chi connectivity index (χ2v) is 7.90. The lowest BCUT2D eigenvalue weighted by molar-refractivity contribution is 0.0940.